The van der Waals surface area contributed by atoms with Gasteiger partial charge in [0, 0.05) is 5.69 Å². The normalized spacial score (nSPS) is 11.2. The molecule has 0 aliphatic heterocycles. The lowest BCUT2D eigenvalue weighted by molar-refractivity contribution is 0.609. The fraction of sp³-hybridized carbons (Fsp3) is 0.250. The highest BCUT2D eigenvalue weighted by Gasteiger charge is 2.19. The molecule has 0 bridgehead atoms. The van der Waals surface area contributed by atoms with Gasteiger partial charge < -0.3 is 5.32 Å². The Bertz CT molecular complexity index is 469. The standard InChI is InChI=1S/C16H19N/c1-13-9-11-15(12-10-13)17-16(2,3)14-7-5-4-6-8-14/h4-12,17H,1-3H3. The first-order valence-electron chi connectivity index (χ1n) is 5.98. The fourth-order valence-corrected chi connectivity index (χ4v) is 1.92. The number of hydrogen-bond donors (Lipinski definition) is 1. The molecule has 1 heteroatoms. The van der Waals surface area contributed by atoms with Crippen LogP contribution in [0.5, 0.6) is 0 Å². The molecule has 0 radical (unpaired) electrons. The molecule has 0 heterocycles. The lowest BCUT2D eigenvalue weighted by atomic mass is 9.94. The Morgan fingerprint density at radius 2 is 1.41 bits per heavy atom. The topological polar surface area (TPSA) is 12.0 Å². The molecular weight excluding hydrogens is 206 g/mol. The number of hydrogen-bond acceptors (Lipinski definition) is 1. The molecule has 0 aromatic heterocycles. The first-order valence-corrected chi connectivity index (χ1v) is 5.98. The van der Waals surface area contributed by atoms with E-state index in [2.05, 4.69) is 74.6 Å². The second kappa shape index (κ2) is 4.62. The number of rotatable bonds is 3. The van der Waals surface area contributed by atoms with E-state index in [1.54, 1.807) is 0 Å². The first-order chi connectivity index (χ1) is 8.08. The zero-order valence-corrected chi connectivity index (χ0v) is 10.7. The van der Waals surface area contributed by atoms with Crippen molar-refractivity contribution in [1.82, 2.24) is 0 Å². The third-order valence-corrected chi connectivity index (χ3v) is 3.00. The summed E-state index contributed by atoms with van der Waals surface area (Å²) in [4.78, 5) is 0. The van der Waals surface area contributed by atoms with Crippen LogP contribution in [0.4, 0.5) is 5.69 Å². The maximum atomic E-state index is 3.56. The molecule has 0 saturated heterocycles. The molecule has 0 atom stereocenters. The monoisotopic (exact) mass is 225 g/mol. The molecule has 2 aromatic carbocycles. The van der Waals surface area contributed by atoms with Gasteiger partial charge in [-0.25, -0.2) is 0 Å². The summed E-state index contributed by atoms with van der Waals surface area (Å²) < 4.78 is 0. The van der Waals surface area contributed by atoms with Crippen molar-refractivity contribution in [3.63, 3.8) is 0 Å². The van der Waals surface area contributed by atoms with Gasteiger partial charge in [-0.1, -0.05) is 48.0 Å². The summed E-state index contributed by atoms with van der Waals surface area (Å²) in [7, 11) is 0. The van der Waals surface area contributed by atoms with Gasteiger partial charge in [-0.05, 0) is 38.5 Å². The SMILES string of the molecule is Cc1ccc(NC(C)(C)c2ccccc2)cc1. The van der Waals surface area contributed by atoms with Crippen molar-refractivity contribution in [2.24, 2.45) is 0 Å². The van der Waals surface area contributed by atoms with E-state index < -0.39 is 0 Å². The minimum absolute atomic E-state index is 0.0590. The second-order valence-electron chi connectivity index (χ2n) is 4.98. The molecule has 88 valence electrons. The molecule has 1 nitrogen and oxygen atoms in total. The Morgan fingerprint density at radius 1 is 0.824 bits per heavy atom. The van der Waals surface area contributed by atoms with E-state index in [1.807, 2.05) is 6.07 Å². The highest BCUT2D eigenvalue weighted by molar-refractivity contribution is 5.48. The molecule has 0 fully saturated rings. The summed E-state index contributed by atoms with van der Waals surface area (Å²) in [5.41, 5.74) is 3.68. The molecule has 17 heavy (non-hydrogen) atoms. The summed E-state index contributed by atoms with van der Waals surface area (Å²) in [5, 5.41) is 3.56. The van der Waals surface area contributed by atoms with Crippen molar-refractivity contribution in [2.45, 2.75) is 26.3 Å². The van der Waals surface area contributed by atoms with Crippen molar-refractivity contribution < 1.29 is 0 Å². The Labute approximate surface area is 103 Å². The van der Waals surface area contributed by atoms with Crippen LogP contribution in [-0.4, -0.2) is 0 Å². The van der Waals surface area contributed by atoms with E-state index in [0.29, 0.717) is 0 Å². The Balaban J connectivity index is 2.20. The lowest BCUT2D eigenvalue weighted by Gasteiger charge is -2.28. The van der Waals surface area contributed by atoms with Crippen molar-refractivity contribution in [2.75, 3.05) is 5.32 Å². The van der Waals surface area contributed by atoms with Crippen LogP contribution in [0.2, 0.25) is 0 Å². The largest absolute Gasteiger partial charge is 0.376 e. The maximum absolute atomic E-state index is 3.56. The molecule has 0 spiro atoms. The molecule has 0 aliphatic carbocycles. The van der Waals surface area contributed by atoms with Gasteiger partial charge in [0.2, 0.25) is 0 Å². The highest BCUT2D eigenvalue weighted by atomic mass is 15.0. The molecule has 0 amide bonds. The minimum Gasteiger partial charge on any atom is -0.376 e. The van der Waals surface area contributed by atoms with E-state index in [0.717, 1.165) is 5.69 Å². The van der Waals surface area contributed by atoms with Gasteiger partial charge in [-0.3, -0.25) is 0 Å². The Morgan fingerprint density at radius 3 is 2.00 bits per heavy atom. The number of aryl methyl sites for hydroxylation is 1. The van der Waals surface area contributed by atoms with Crippen LogP contribution in [0.1, 0.15) is 25.0 Å². The van der Waals surface area contributed by atoms with Crippen molar-refractivity contribution in [3.8, 4) is 0 Å². The van der Waals surface area contributed by atoms with Crippen molar-refractivity contribution in [1.29, 1.82) is 0 Å². The molecular formula is C16H19N. The van der Waals surface area contributed by atoms with Gasteiger partial charge in [0.1, 0.15) is 0 Å². The molecule has 0 unspecified atom stereocenters. The third kappa shape index (κ3) is 2.88. The fourth-order valence-electron chi connectivity index (χ4n) is 1.92. The minimum atomic E-state index is -0.0590. The summed E-state index contributed by atoms with van der Waals surface area (Å²) in [6.45, 7) is 6.50. The lowest BCUT2D eigenvalue weighted by Crippen LogP contribution is -2.27. The van der Waals surface area contributed by atoms with E-state index in [1.165, 1.54) is 11.1 Å². The van der Waals surface area contributed by atoms with Crippen LogP contribution >= 0.6 is 0 Å². The molecule has 0 aliphatic rings. The van der Waals surface area contributed by atoms with Gasteiger partial charge in [-0.2, -0.15) is 0 Å². The van der Waals surface area contributed by atoms with Gasteiger partial charge in [-0.15, -0.1) is 0 Å². The average molecular weight is 225 g/mol. The predicted octanol–water partition coefficient (Wildman–Crippen LogP) is 4.34. The highest BCUT2D eigenvalue weighted by Crippen LogP contribution is 2.25. The van der Waals surface area contributed by atoms with Crippen LogP contribution < -0.4 is 5.32 Å². The van der Waals surface area contributed by atoms with E-state index in [9.17, 15) is 0 Å². The number of benzene rings is 2. The van der Waals surface area contributed by atoms with Crippen LogP contribution in [-0.2, 0) is 5.54 Å². The van der Waals surface area contributed by atoms with Gasteiger partial charge >= 0.3 is 0 Å². The van der Waals surface area contributed by atoms with Crippen LogP contribution in [0.25, 0.3) is 0 Å². The van der Waals surface area contributed by atoms with E-state index >= 15 is 0 Å². The molecule has 2 aromatic rings. The molecule has 1 N–H and O–H groups in total. The second-order valence-corrected chi connectivity index (χ2v) is 4.98. The van der Waals surface area contributed by atoms with Crippen LogP contribution in [0.3, 0.4) is 0 Å². The number of anilines is 1. The summed E-state index contributed by atoms with van der Waals surface area (Å²) in [6.07, 6.45) is 0. The molecule has 0 saturated carbocycles. The smallest absolute Gasteiger partial charge is 0.0569 e. The molecule has 2 rings (SSSR count). The zero-order chi connectivity index (χ0) is 12.3. The number of nitrogens with one attached hydrogen (secondary N) is 1. The maximum Gasteiger partial charge on any atom is 0.0569 e. The summed E-state index contributed by atoms with van der Waals surface area (Å²) in [5.74, 6) is 0. The van der Waals surface area contributed by atoms with Crippen molar-refractivity contribution in [3.05, 3.63) is 65.7 Å². The van der Waals surface area contributed by atoms with Crippen LogP contribution in [0.15, 0.2) is 54.6 Å². The van der Waals surface area contributed by atoms with Crippen molar-refractivity contribution >= 4 is 5.69 Å². The van der Waals surface area contributed by atoms with Crippen LogP contribution in [0, 0.1) is 6.92 Å². The predicted molar refractivity (Wildman–Crippen MR) is 74.3 cm³/mol. The zero-order valence-electron chi connectivity index (χ0n) is 10.7. The first kappa shape index (κ1) is 11.7. The van der Waals surface area contributed by atoms with E-state index in [-0.39, 0.29) is 5.54 Å². The average Bonchev–Trinajstić information content (AvgIpc) is 2.33. The van der Waals surface area contributed by atoms with Gasteiger partial charge in [0.15, 0.2) is 0 Å². The third-order valence-electron chi connectivity index (χ3n) is 3.00. The van der Waals surface area contributed by atoms with Gasteiger partial charge in [0.05, 0.1) is 5.54 Å². The summed E-state index contributed by atoms with van der Waals surface area (Å²) in [6, 6.07) is 19.0. The summed E-state index contributed by atoms with van der Waals surface area (Å²) >= 11 is 0. The Hall–Kier alpha value is -1.76. The van der Waals surface area contributed by atoms with Gasteiger partial charge in [0.25, 0.3) is 0 Å². The Kier molecular flexibility index (Phi) is 3.19. The quantitative estimate of drug-likeness (QED) is 0.819. The van der Waals surface area contributed by atoms with E-state index in [4.69, 9.17) is 0 Å².